The summed E-state index contributed by atoms with van der Waals surface area (Å²) in [7, 11) is 0. The van der Waals surface area contributed by atoms with Crippen molar-refractivity contribution in [1.29, 1.82) is 0 Å². The number of halogens is 1. The van der Waals surface area contributed by atoms with E-state index in [9.17, 15) is 5.11 Å². The first-order valence-corrected chi connectivity index (χ1v) is 5.17. The van der Waals surface area contributed by atoms with Gasteiger partial charge in [-0.25, -0.2) is 0 Å². The Hall–Kier alpha value is 0.250. The van der Waals surface area contributed by atoms with Crippen molar-refractivity contribution >= 4 is 11.6 Å². The van der Waals surface area contributed by atoms with Crippen molar-refractivity contribution in [1.82, 2.24) is 0 Å². The normalized spacial score (nSPS) is 38.2. The molecule has 1 rings (SSSR count). The zero-order chi connectivity index (χ0) is 9.35. The maximum Gasteiger partial charge on any atom is 0.0703 e. The second-order valence-corrected chi connectivity index (χ2v) is 5.52. The first-order chi connectivity index (χ1) is 5.41. The highest BCUT2D eigenvalue weighted by Crippen LogP contribution is 2.39. The molecule has 1 N–H and O–H groups in total. The molecule has 0 heterocycles. The number of aliphatic hydroxyl groups is 1. The molecule has 0 unspecified atom stereocenters. The maximum atomic E-state index is 9.43. The molecule has 0 saturated heterocycles. The fourth-order valence-electron chi connectivity index (χ4n) is 1.89. The van der Waals surface area contributed by atoms with E-state index in [1.165, 1.54) is 0 Å². The van der Waals surface area contributed by atoms with Gasteiger partial charge in [-0.15, -0.1) is 11.6 Å². The van der Waals surface area contributed by atoms with E-state index in [-0.39, 0.29) is 11.5 Å². The minimum absolute atomic E-state index is 0.0250. The largest absolute Gasteiger partial charge is 0.392 e. The summed E-state index contributed by atoms with van der Waals surface area (Å²) in [6.45, 7) is 6.75. The van der Waals surface area contributed by atoms with Crippen LogP contribution in [-0.2, 0) is 0 Å². The van der Waals surface area contributed by atoms with Crippen molar-refractivity contribution in [3.63, 3.8) is 0 Å². The average Bonchev–Trinajstić information content (AvgIpc) is 1.92. The number of hydrogen-bond donors (Lipinski definition) is 1. The van der Waals surface area contributed by atoms with Crippen LogP contribution in [0.5, 0.6) is 0 Å². The topological polar surface area (TPSA) is 20.2 Å². The van der Waals surface area contributed by atoms with Crippen LogP contribution in [0.25, 0.3) is 0 Å². The lowest BCUT2D eigenvalue weighted by Gasteiger charge is -2.37. The zero-order valence-corrected chi connectivity index (χ0v) is 8.93. The predicted octanol–water partition coefficient (Wildman–Crippen LogP) is 2.80. The molecule has 1 aliphatic carbocycles. The third kappa shape index (κ3) is 2.37. The van der Waals surface area contributed by atoms with E-state index in [4.69, 9.17) is 11.6 Å². The Balaban J connectivity index is 2.51. The Morgan fingerprint density at radius 3 is 2.25 bits per heavy atom. The van der Waals surface area contributed by atoms with Crippen molar-refractivity contribution in [2.45, 2.75) is 51.5 Å². The van der Waals surface area contributed by atoms with Crippen molar-refractivity contribution in [2.24, 2.45) is 11.3 Å². The molecule has 1 fully saturated rings. The van der Waals surface area contributed by atoms with E-state index in [0.717, 1.165) is 19.3 Å². The summed E-state index contributed by atoms with van der Waals surface area (Å²) in [6, 6.07) is 0. The number of alkyl halides is 1. The minimum Gasteiger partial charge on any atom is -0.392 e. The highest BCUT2D eigenvalue weighted by atomic mass is 35.5. The molecule has 0 aromatic heterocycles. The molecule has 0 aromatic rings. The number of rotatable bonds is 0. The molecule has 12 heavy (non-hydrogen) atoms. The lowest BCUT2D eigenvalue weighted by Crippen LogP contribution is -2.35. The van der Waals surface area contributed by atoms with Gasteiger partial charge in [-0.3, -0.25) is 0 Å². The molecule has 0 amide bonds. The summed E-state index contributed by atoms with van der Waals surface area (Å²) in [4.78, 5) is 0. The van der Waals surface area contributed by atoms with Crippen molar-refractivity contribution in [2.75, 3.05) is 0 Å². The van der Waals surface area contributed by atoms with E-state index in [1.54, 1.807) is 0 Å². The summed E-state index contributed by atoms with van der Waals surface area (Å²) in [5.41, 5.74) is 0.341. The zero-order valence-electron chi connectivity index (χ0n) is 8.18. The standard InChI is InChI=1S/C10H19ClO/c1-10(2,3)7-4-5-9(12)8(11)6-7/h7-9,12H,4-6H2,1-3H3/t7-,8-,9-/m0/s1. The minimum atomic E-state index is -0.273. The van der Waals surface area contributed by atoms with E-state index in [2.05, 4.69) is 20.8 Å². The fraction of sp³-hybridized carbons (Fsp3) is 1.00. The highest BCUT2D eigenvalue weighted by molar-refractivity contribution is 6.21. The molecule has 0 bridgehead atoms. The number of aliphatic hydroxyl groups excluding tert-OH is 1. The van der Waals surface area contributed by atoms with Gasteiger partial charge < -0.3 is 5.11 Å². The van der Waals surface area contributed by atoms with Crippen molar-refractivity contribution in [3.8, 4) is 0 Å². The van der Waals surface area contributed by atoms with E-state index < -0.39 is 0 Å². The fourth-order valence-corrected chi connectivity index (χ4v) is 2.23. The third-order valence-electron chi connectivity index (χ3n) is 2.96. The van der Waals surface area contributed by atoms with Crippen LogP contribution in [-0.4, -0.2) is 16.6 Å². The molecule has 1 aliphatic rings. The lowest BCUT2D eigenvalue weighted by molar-refractivity contribution is 0.0765. The maximum absolute atomic E-state index is 9.43. The predicted molar refractivity (Wildman–Crippen MR) is 52.4 cm³/mol. The monoisotopic (exact) mass is 190 g/mol. The van der Waals surface area contributed by atoms with Gasteiger partial charge in [0.25, 0.3) is 0 Å². The molecule has 0 spiro atoms. The highest BCUT2D eigenvalue weighted by Gasteiger charge is 2.33. The first-order valence-electron chi connectivity index (χ1n) is 4.73. The molecule has 0 aliphatic heterocycles. The molecule has 0 radical (unpaired) electrons. The second-order valence-electron chi connectivity index (χ2n) is 4.96. The summed E-state index contributed by atoms with van der Waals surface area (Å²) in [6.07, 6.45) is 2.68. The summed E-state index contributed by atoms with van der Waals surface area (Å²) in [5.74, 6) is 0.670. The number of hydrogen-bond acceptors (Lipinski definition) is 1. The van der Waals surface area contributed by atoms with Gasteiger partial charge in [-0.2, -0.15) is 0 Å². The Morgan fingerprint density at radius 1 is 1.25 bits per heavy atom. The van der Waals surface area contributed by atoms with Gasteiger partial charge >= 0.3 is 0 Å². The summed E-state index contributed by atoms with van der Waals surface area (Å²) in [5, 5.41) is 9.40. The SMILES string of the molecule is CC(C)(C)[C@H]1CC[C@H](O)[C@@H](Cl)C1. The van der Waals surface area contributed by atoms with Crippen molar-refractivity contribution in [3.05, 3.63) is 0 Å². The Morgan fingerprint density at radius 2 is 1.83 bits per heavy atom. The Kier molecular flexibility index (Phi) is 3.06. The summed E-state index contributed by atoms with van der Waals surface area (Å²) < 4.78 is 0. The van der Waals surface area contributed by atoms with Crippen LogP contribution in [0.4, 0.5) is 0 Å². The molecule has 3 atom stereocenters. The molecule has 2 heteroatoms. The van der Waals surface area contributed by atoms with E-state index in [0.29, 0.717) is 11.3 Å². The molecule has 72 valence electrons. The van der Waals surface area contributed by atoms with Crippen LogP contribution in [0.3, 0.4) is 0 Å². The van der Waals surface area contributed by atoms with Gasteiger partial charge in [0.2, 0.25) is 0 Å². The van der Waals surface area contributed by atoms with Crippen LogP contribution in [0, 0.1) is 11.3 Å². The lowest BCUT2D eigenvalue weighted by atomic mass is 9.72. The molecular formula is C10H19ClO. The quantitative estimate of drug-likeness (QED) is 0.583. The van der Waals surface area contributed by atoms with Gasteiger partial charge in [0, 0.05) is 0 Å². The second kappa shape index (κ2) is 3.55. The molecule has 1 nitrogen and oxygen atoms in total. The van der Waals surface area contributed by atoms with Crippen LogP contribution < -0.4 is 0 Å². The molecule has 1 saturated carbocycles. The van der Waals surface area contributed by atoms with Crippen molar-refractivity contribution < 1.29 is 5.11 Å². The van der Waals surface area contributed by atoms with E-state index in [1.807, 2.05) is 0 Å². The van der Waals surface area contributed by atoms with E-state index >= 15 is 0 Å². The third-order valence-corrected chi connectivity index (χ3v) is 3.43. The van der Waals surface area contributed by atoms with Gasteiger partial charge in [-0.05, 0) is 30.6 Å². The molecule has 0 aromatic carbocycles. The summed E-state index contributed by atoms with van der Waals surface area (Å²) >= 11 is 6.02. The molecular weight excluding hydrogens is 172 g/mol. The smallest absolute Gasteiger partial charge is 0.0703 e. The van der Waals surface area contributed by atoms with Crippen LogP contribution >= 0.6 is 11.6 Å². The van der Waals surface area contributed by atoms with Gasteiger partial charge in [0.05, 0.1) is 11.5 Å². The Bertz CT molecular complexity index is 150. The van der Waals surface area contributed by atoms with Gasteiger partial charge in [0.15, 0.2) is 0 Å². The van der Waals surface area contributed by atoms with Crippen LogP contribution in [0.15, 0.2) is 0 Å². The van der Waals surface area contributed by atoms with Gasteiger partial charge in [-0.1, -0.05) is 20.8 Å². The Labute approximate surface area is 80.1 Å². The van der Waals surface area contributed by atoms with Gasteiger partial charge in [0.1, 0.15) is 0 Å². The van der Waals surface area contributed by atoms with Crippen LogP contribution in [0.1, 0.15) is 40.0 Å². The average molecular weight is 191 g/mol. The van der Waals surface area contributed by atoms with Crippen LogP contribution in [0.2, 0.25) is 0 Å². The first kappa shape index (κ1) is 10.3.